The third-order valence-corrected chi connectivity index (χ3v) is 7.62. The lowest BCUT2D eigenvalue weighted by Gasteiger charge is -2.42. The van der Waals surface area contributed by atoms with Crippen LogP contribution in [0.25, 0.3) is 0 Å². The fraction of sp³-hybridized carbons (Fsp3) is 0.536. The summed E-state index contributed by atoms with van der Waals surface area (Å²) in [6.45, 7) is 0.995. The first-order valence-electron chi connectivity index (χ1n) is 13.4. The number of aliphatic hydroxyl groups excluding tert-OH is 6. The fourth-order valence-electron chi connectivity index (χ4n) is 5.11. The van der Waals surface area contributed by atoms with E-state index in [1.54, 1.807) is 24.3 Å². The Hall–Kier alpha value is -3.05. The highest BCUT2D eigenvalue weighted by molar-refractivity contribution is 6.02. The average Bonchev–Trinajstić information content (AvgIpc) is 2.97. The van der Waals surface area contributed by atoms with Crippen LogP contribution in [0.15, 0.2) is 36.4 Å². The minimum Gasteiger partial charge on any atom is -0.507 e. The molecule has 0 radical (unpaired) electrons. The fourth-order valence-corrected chi connectivity index (χ4v) is 5.11. The Morgan fingerprint density at radius 1 is 0.833 bits per heavy atom. The summed E-state index contributed by atoms with van der Waals surface area (Å²) in [7, 11) is 1.53. The van der Waals surface area contributed by atoms with Crippen molar-refractivity contribution in [3.63, 3.8) is 0 Å². The minimum atomic E-state index is -1.75. The summed E-state index contributed by atoms with van der Waals surface area (Å²) < 4.78 is 33.4. The Morgan fingerprint density at radius 2 is 1.50 bits per heavy atom. The molecule has 14 nitrogen and oxygen atoms in total. The molecule has 0 aliphatic carbocycles. The predicted molar refractivity (Wildman–Crippen MR) is 139 cm³/mol. The molecule has 0 unspecified atom stereocenters. The molecule has 2 aromatic rings. The van der Waals surface area contributed by atoms with Gasteiger partial charge in [-0.05, 0) is 24.6 Å². The summed E-state index contributed by atoms with van der Waals surface area (Å²) in [6.07, 6.45) is -15.4. The third kappa shape index (κ3) is 5.90. The van der Waals surface area contributed by atoms with Gasteiger partial charge in [0.05, 0.1) is 26.2 Å². The van der Waals surface area contributed by atoms with Gasteiger partial charge in [0.2, 0.25) is 6.29 Å². The van der Waals surface area contributed by atoms with Gasteiger partial charge in [-0.2, -0.15) is 0 Å². The summed E-state index contributed by atoms with van der Waals surface area (Å²) >= 11 is 0. The number of benzene rings is 2. The molecule has 0 saturated carbocycles. The van der Waals surface area contributed by atoms with Crippen molar-refractivity contribution in [3.05, 3.63) is 47.5 Å². The topological polar surface area (TPSA) is 214 Å². The minimum absolute atomic E-state index is 0.0164. The second kappa shape index (κ2) is 12.3. The van der Waals surface area contributed by atoms with E-state index in [0.717, 1.165) is 6.07 Å². The van der Waals surface area contributed by atoms with E-state index >= 15 is 0 Å². The van der Waals surface area contributed by atoms with Gasteiger partial charge in [0, 0.05) is 12.1 Å². The molecule has 230 valence electrons. The van der Waals surface area contributed by atoms with Crippen LogP contribution < -0.4 is 14.2 Å². The highest BCUT2D eigenvalue weighted by Crippen LogP contribution is 2.42. The number of carbonyl (C=O) groups excluding carboxylic acids is 1. The number of aliphatic hydroxyl groups is 6. The molecule has 11 atom stereocenters. The summed E-state index contributed by atoms with van der Waals surface area (Å²) in [5, 5.41) is 72.1. The van der Waals surface area contributed by atoms with E-state index < -0.39 is 79.9 Å². The van der Waals surface area contributed by atoms with E-state index in [2.05, 4.69) is 0 Å². The molecular weight excluding hydrogens is 560 g/mol. The number of rotatable bonds is 7. The van der Waals surface area contributed by atoms with Crippen molar-refractivity contribution in [2.75, 3.05) is 13.7 Å². The van der Waals surface area contributed by atoms with Gasteiger partial charge in [0.15, 0.2) is 12.1 Å². The van der Waals surface area contributed by atoms with E-state index in [9.17, 15) is 40.5 Å². The summed E-state index contributed by atoms with van der Waals surface area (Å²) in [6, 6.07) is 9.43. The van der Waals surface area contributed by atoms with E-state index in [-0.39, 0.29) is 29.3 Å². The number of phenols is 1. The van der Waals surface area contributed by atoms with Gasteiger partial charge in [-0.25, -0.2) is 0 Å². The third-order valence-electron chi connectivity index (χ3n) is 7.62. The van der Waals surface area contributed by atoms with Crippen LogP contribution in [0.5, 0.6) is 23.0 Å². The van der Waals surface area contributed by atoms with Crippen LogP contribution in [0.3, 0.4) is 0 Å². The Balaban J connectivity index is 1.29. The Morgan fingerprint density at radius 3 is 2.19 bits per heavy atom. The number of carbonyl (C=O) groups is 1. The number of Topliss-reactive ketones (excluding diaryl/α,β-unsaturated/α-hetero) is 1. The summed E-state index contributed by atoms with van der Waals surface area (Å²) in [5.41, 5.74) is 0.668. The maximum absolute atomic E-state index is 12.9. The highest BCUT2D eigenvalue weighted by Gasteiger charge is 2.47. The first kappa shape index (κ1) is 30.4. The van der Waals surface area contributed by atoms with Gasteiger partial charge in [0.1, 0.15) is 77.4 Å². The zero-order valence-corrected chi connectivity index (χ0v) is 22.7. The lowest BCUT2D eigenvalue weighted by Crippen LogP contribution is -2.61. The first-order valence-corrected chi connectivity index (χ1v) is 13.4. The molecule has 0 aromatic heterocycles. The Bertz CT molecular complexity index is 1250. The van der Waals surface area contributed by atoms with Crippen molar-refractivity contribution in [3.8, 4) is 23.0 Å². The largest absolute Gasteiger partial charge is 0.507 e. The number of ketones is 1. The number of methoxy groups -OCH3 is 1. The summed E-state index contributed by atoms with van der Waals surface area (Å²) in [5.74, 6) is -0.190. The second-order valence-corrected chi connectivity index (χ2v) is 10.5. The van der Waals surface area contributed by atoms with Crippen LogP contribution >= 0.6 is 0 Å². The first-order chi connectivity index (χ1) is 20.0. The molecule has 2 aromatic carbocycles. The van der Waals surface area contributed by atoms with E-state index in [0.29, 0.717) is 11.3 Å². The SMILES string of the molecule is COc1ccc([C@@H]2CC(=O)c3c(O)cc(O[C@@H]4O[C@H](CO[C@H]5O[C@@H](C)[C@H](O)[C@@H](O)[C@H]5O)[C@@H](O)[C@H](O)[C@H]4O)cc3O2)cc1. The number of aromatic hydroxyl groups is 1. The van der Waals surface area contributed by atoms with Gasteiger partial charge in [0.25, 0.3) is 0 Å². The van der Waals surface area contributed by atoms with Crippen LogP contribution in [0.2, 0.25) is 0 Å². The van der Waals surface area contributed by atoms with Crippen LogP contribution in [0, 0.1) is 0 Å². The van der Waals surface area contributed by atoms with Gasteiger partial charge < -0.3 is 64.2 Å². The van der Waals surface area contributed by atoms with Gasteiger partial charge in [-0.15, -0.1) is 0 Å². The standard InChI is InChI=1S/C28H34O14/c1-11-21(31)23(33)25(35)27(39-11)38-10-19-22(32)24(34)26(36)28(42-19)40-14-7-15(29)20-16(30)9-17(41-18(20)8-14)12-3-5-13(37-2)6-4-12/h3-8,11,17,19,21-29,31-36H,9-10H2,1-2H3/t11-,17-,19+,21-,22+,23+,24-,25+,26+,27-,28+/m0/s1. The van der Waals surface area contributed by atoms with E-state index in [1.807, 2.05) is 0 Å². The monoisotopic (exact) mass is 594 g/mol. The van der Waals surface area contributed by atoms with Crippen molar-refractivity contribution in [2.45, 2.75) is 80.9 Å². The molecule has 3 aliphatic rings. The molecule has 3 heterocycles. The van der Waals surface area contributed by atoms with Crippen molar-refractivity contribution < 1.29 is 69.0 Å². The predicted octanol–water partition coefficient (Wildman–Crippen LogP) is -0.862. The quantitative estimate of drug-likeness (QED) is 0.208. The Labute approximate surface area is 240 Å². The molecule has 2 saturated heterocycles. The van der Waals surface area contributed by atoms with Gasteiger partial charge in [-0.1, -0.05) is 12.1 Å². The molecular formula is C28H34O14. The molecule has 0 spiro atoms. The molecule has 2 fully saturated rings. The normalized spacial score (nSPS) is 36.6. The van der Waals surface area contributed by atoms with Crippen molar-refractivity contribution in [2.24, 2.45) is 0 Å². The molecule has 42 heavy (non-hydrogen) atoms. The molecule has 0 bridgehead atoms. The second-order valence-electron chi connectivity index (χ2n) is 10.5. The summed E-state index contributed by atoms with van der Waals surface area (Å²) in [4.78, 5) is 12.9. The van der Waals surface area contributed by atoms with Crippen molar-refractivity contribution in [1.82, 2.24) is 0 Å². The molecule has 0 amide bonds. The zero-order chi connectivity index (χ0) is 30.3. The van der Waals surface area contributed by atoms with Crippen LogP contribution in [0.1, 0.15) is 35.4 Å². The number of hydrogen-bond acceptors (Lipinski definition) is 14. The number of phenolic OH excluding ortho intramolecular Hbond substituents is 1. The molecule has 14 heteroatoms. The maximum Gasteiger partial charge on any atom is 0.229 e. The lowest BCUT2D eigenvalue weighted by molar-refractivity contribution is -0.318. The average molecular weight is 595 g/mol. The highest BCUT2D eigenvalue weighted by atomic mass is 16.7. The van der Waals surface area contributed by atoms with E-state index in [1.165, 1.54) is 20.1 Å². The number of hydrogen-bond donors (Lipinski definition) is 7. The van der Waals surface area contributed by atoms with Crippen LogP contribution in [-0.2, 0) is 14.2 Å². The van der Waals surface area contributed by atoms with Crippen molar-refractivity contribution in [1.29, 1.82) is 0 Å². The van der Waals surface area contributed by atoms with Crippen LogP contribution in [0.4, 0.5) is 0 Å². The lowest BCUT2D eigenvalue weighted by atomic mass is 9.95. The number of fused-ring (bicyclic) bond motifs is 1. The maximum atomic E-state index is 12.9. The molecule has 5 rings (SSSR count). The Kier molecular flexibility index (Phi) is 8.89. The van der Waals surface area contributed by atoms with Crippen molar-refractivity contribution >= 4 is 5.78 Å². The smallest absolute Gasteiger partial charge is 0.229 e. The van der Waals surface area contributed by atoms with E-state index in [4.69, 9.17) is 28.4 Å². The van der Waals surface area contributed by atoms with Crippen LogP contribution in [-0.4, -0.2) is 117 Å². The molecule has 7 N–H and O–H groups in total. The molecule has 3 aliphatic heterocycles. The van der Waals surface area contributed by atoms with Gasteiger partial charge in [-0.3, -0.25) is 4.79 Å². The zero-order valence-electron chi connectivity index (χ0n) is 22.7. The van der Waals surface area contributed by atoms with Gasteiger partial charge >= 0.3 is 0 Å². The number of ether oxygens (including phenoxy) is 6.